The molecule has 1 fully saturated rings. The monoisotopic (exact) mass is 686 g/mol. The predicted octanol–water partition coefficient (Wildman–Crippen LogP) is 10.3. The number of esters is 1. The molecule has 0 aromatic heterocycles. The van der Waals surface area contributed by atoms with Crippen molar-refractivity contribution in [3.63, 3.8) is 0 Å². The van der Waals surface area contributed by atoms with Gasteiger partial charge in [-0.25, -0.2) is 4.79 Å². The van der Waals surface area contributed by atoms with Crippen LogP contribution in [0.4, 0.5) is 0 Å². The second kappa shape index (κ2) is 15.0. The zero-order chi connectivity index (χ0) is 35.5. The smallest absolute Gasteiger partial charge is 0.337 e. The van der Waals surface area contributed by atoms with Crippen molar-refractivity contribution in [1.29, 1.82) is 0 Å². The standard InChI is InChI=1S/C41H58O5Si2/c1-40(2,3)47(8,9)45-34(27-30-18-20-31-14-12-13-15-33(31)26-30)23-25-36-35(24-19-29-16-21-32(22-17-29)39(43)44-7)37(42)28-38(36)46-48(10,11)41(4,5)6/h12-18,20-23,25-26,34-36,38H,19,24,27-28H2,1-11H3/b25-23+/t34?,35-,36-,38-/m1/s1. The molecule has 1 saturated carbocycles. The molecule has 1 aliphatic carbocycles. The van der Waals surface area contributed by atoms with Gasteiger partial charge in [-0.15, -0.1) is 0 Å². The zero-order valence-electron chi connectivity index (χ0n) is 31.2. The topological polar surface area (TPSA) is 61.8 Å². The van der Waals surface area contributed by atoms with Crippen molar-refractivity contribution in [2.24, 2.45) is 11.8 Å². The second-order valence-corrected chi connectivity index (χ2v) is 26.2. The summed E-state index contributed by atoms with van der Waals surface area (Å²) in [6, 6.07) is 22.7. The molecule has 48 heavy (non-hydrogen) atoms. The number of fused-ring (bicyclic) bond motifs is 1. The highest BCUT2D eigenvalue weighted by Crippen LogP contribution is 2.43. The maximum absolute atomic E-state index is 13.8. The Hall–Kier alpha value is -2.85. The first kappa shape index (κ1) is 38.0. The van der Waals surface area contributed by atoms with E-state index in [4.69, 9.17) is 13.6 Å². The van der Waals surface area contributed by atoms with Gasteiger partial charge in [-0.1, -0.05) is 108 Å². The van der Waals surface area contributed by atoms with Gasteiger partial charge >= 0.3 is 5.97 Å². The predicted molar refractivity (Wildman–Crippen MR) is 204 cm³/mol. The van der Waals surface area contributed by atoms with E-state index in [1.165, 1.54) is 23.4 Å². The molecule has 0 bridgehead atoms. The lowest BCUT2D eigenvalue weighted by Gasteiger charge is -2.40. The van der Waals surface area contributed by atoms with Gasteiger partial charge in [0, 0.05) is 24.7 Å². The molecule has 0 N–H and O–H groups in total. The number of carbonyl (C=O) groups excluding carboxylic acids is 2. The average Bonchev–Trinajstić information content (AvgIpc) is 3.29. The number of hydrogen-bond donors (Lipinski definition) is 0. The Balaban J connectivity index is 1.66. The van der Waals surface area contributed by atoms with Crippen LogP contribution in [0.5, 0.6) is 0 Å². The van der Waals surface area contributed by atoms with Gasteiger partial charge in [0.25, 0.3) is 0 Å². The Bertz CT molecular complexity index is 1590. The van der Waals surface area contributed by atoms with Gasteiger partial charge in [-0.3, -0.25) is 4.79 Å². The van der Waals surface area contributed by atoms with E-state index < -0.39 is 16.6 Å². The largest absolute Gasteiger partial charge is 0.465 e. The fourth-order valence-electron chi connectivity index (χ4n) is 6.05. The first-order chi connectivity index (χ1) is 22.3. The molecule has 7 heteroatoms. The average molecular weight is 687 g/mol. The van der Waals surface area contributed by atoms with Crippen LogP contribution in [-0.2, 0) is 31.2 Å². The summed E-state index contributed by atoms with van der Waals surface area (Å²) in [5, 5.41) is 2.56. The first-order valence-corrected chi connectivity index (χ1v) is 23.3. The third-order valence-corrected chi connectivity index (χ3v) is 20.1. The van der Waals surface area contributed by atoms with Crippen molar-refractivity contribution in [2.45, 2.75) is 116 Å². The van der Waals surface area contributed by atoms with Crippen LogP contribution in [-0.4, -0.2) is 47.7 Å². The molecule has 4 rings (SSSR count). The minimum Gasteiger partial charge on any atom is -0.465 e. The van der Waals surface area contributed by atoms with Gasteiger partial charge in [-0.05, 0) is 83.1 Å². The molecule has 0 aliphatic heterocycles. The van der Waals surface area contributed by atoms with E-state index in [-0.39, 0.29) is 45.9 Å². The van der Waals surface area contributed by atoms with Crippen LogP contribution >= 0.6 is 0 Å². The van der Waals surface area contributed by atoms with Crippen LogP contribution in [0, 0.1) is 11.8 Å². The minimum absolute atomic E-state index is 0.0356. The number of carbonyl (C=O) groups is 2. The zero-order valence-corrected chi connectivity index (χ0v) is 33.2. The number of ether oxygens (including phenoxy) is 1. The van der Waals surface area contributed by atoms with Gasteiger partial charge in [0.15, 0.2) is 16.6 Å². The molecule has 0 amide bonds. The number of hydrogen-bond acceptors (Lipinski definition) is 5. The number of rotatable bonds is 12. The summed E-state index contributed by atoms with van der Waals surface area (Å²) < 4.78 is 19.0. The molecular formula is C41H58O5Si2. The first-order valence-electron chi connectivity index (χ1n) is 17.5. The highest BCUT2D eigenvalue weighted by atomic mass is 28.4. The third-order valence-electron chi connectivity index (χ3n) is 11.1. The maximum atomic E-state index is 13.8. The van der Waals surface area contributed by atoms with Crippen molar-refractivity contribution in [2.75, 3.05) is 7.11 Å². The molecule has 3 aromatic rings. The molecule has 4 atom stereocenters. The molecule has 1 aliphatic rings. The van der Waals surface area contributed by atoms with Crippen LogP contribution in [0.1, 0.15) is 75.9 Å². The van der Waals surface area contributed by atoms with Gasteiger partial charge in [0.05, 0.1) is 24.9 Å². The van der Waals surface area contributed by atoms with E-state index in [1.54, 1.807) is 12.1 Å². The summed E-state index contributed by atoms with van der Waals surface area (Å²) in [4.78, 5) is 25.7. The van der Waals surface area contributed by atoms with Crippen LogP contribution in [0.15, 0.2) is 78.9 Å². The molecule has 0 spiro atoms. The Morgan fingerprint density at radius 3 is 2.06 bits per heavy atom. The summed E-state index contributed by atoms with van der Waals surface area (Å²) >= 11 is 0. The third kappa shape index (κ3) is 9.23. The van der Waals surface area contributed by atoms with E-state index in [0.717, 1.165) is 24.8 Å². The van der Waals surface area contributed by atoms with Crippen LogP contribution in [0.2, 0.25) is 36.3 Å². The summed E-state index contributed by atoms with van der Waals surface area (Å²) in [6.45, 7) is 22.8. The van der Waals surface area contributed by atoms with Crippen LogP contribution < -0.4 is 0 Å². The maximum Gasteiger partial charge on any atom is 0.337 e. The number of ketones is 1. The van der Waals surface area contributed by atoms with Gasteiger partial charge in [0.2, 0.25) is 0 Å². The lowest BCUT2D eigenvalue weighted by molar-refractivity contribution is -0.121. The Morgan fingerprint density at radius 1 is 0.854 bits per heavy atom. The molecule has 260 valence electrons. The van der Waals surface area contributed by atoms with Crippen molar-refractivity contribution >= 4 is 39.2 Å². The van der Waals surface area contributed by atoms with E-state index in [1.807, 2.05) is 12.1 Å². The van der Waals surface area contributed by atoms with Crippen LogP contribution in [0.3, 0.4) is 0 Å². The van der Waals surface area contributed by atoms with Crippen molar-refractivity contribution in [3.8, 4) is 0 Å². The number of benzene rings is 3. The summed E-state index contributed by atoms with van der Waals surface area (Å²) in [5.41, 5.74) is 2.87. The van der Waals surface area contributed by atoms with Gasteiger partial charge in [0.1, 0.15) is 5.78 Å². The number of Topliss-reactive ketones (excluding diaryl/α,β-unsaturated/α-hetero) is 1. The summed E-state index contributed by atoms with van der Waals surface area (Å²) in [6.07, 6.45) is 6.91. The summed E-state index contributed by atoms with van der Waals surface area (Å²) in [7, 11) is -2.86. The Morgan fingerprint density at radius 2 is 1.46 bits per heavy atom. The van der Waals surface area contributed by atoms with Gasteiger partial charge in [-0.2, -0.15) is 0 Å². The molecule has 5 nitrogen and oxygen atoms in total. The fraction of sp³-hybridized carbons (Fsp3) is 0.512. The second-order valence-electron chi connectivity index (χ2n) is 16.7. The number of methoxy groups -OCH3 is 1. The van der Waals surface area contributed by atoms with Crippen molar-refractivity contribution in [3.05, 3.63) is 95.6 Å². The highest BCUT2D eigenvalue weighted by molar-refractivity contribution is 6.74. The Labute approximate surface area is 291 Å². The van der Waals surface area contributed by atoms with E-state index in [9.17, 15) is 9.59 Å². The lowest BCUT2D eigenvalue weighted by Crippen LogP contribution is -2.45. The quantitative estimate of drug-likeness (QED) is 0.108. The molecule has 3 aromatic carbocycles. The SMILES string of the molecule is COC(=O)c1ccc(CC[C@H]2C(=O)C[C@@H](O[Si](C)(C)C(C)(C)C)[C@@H]2/C=C/C(Cc2ccc3ccccc3c2)O[Si](C)(C)C(C)(C)C)cc1. The van der Waals surface area contributed by atoms with E-state index >= 15 is 0 Å². The fourth-order valence-corrected chi connectivity index (χ4v) is 8.67. The van der Waals surface area contributed by atoms with Crippen molar-refractivity contribution < 1.29 is 23.2 Å². The Kier molecular flexibility index (Phi) is 11.8. The minimum atomic E-state index is -2.14. The summed E-state index contributed by atoms with van der Waals surface area (Å²) in [5.74, 6) is -0.258. The van der Waals surface area contributed by atoms with E-state index in [2.05, 4.69) is 122 Å². The van der Waals surface area contributed by atoms with Crippen molar-refractivity contribution in [1.82, 2.24) is 0 Å². The molecule has 0 heterocycles. The normalized spacial score (nSPS) is 20.1. The van der Waals surface area contributed by atoms with Crippen LogP contribution in [0.25, 0.3) is 10.8 Å². The molecule has 1 unspecified atom stereocenters. The molecular weight excluding hydrogens is 629 g/mol. The highest BCUT2D eigenvalue weighted by Gasteiger charge is 2.47. The van der Waals surface area contributed by atoms with E-state index in [0.29, 0.717) is 12.0 Å². The number of aryl methyl sites for hydroxylation is 1. The lowest BCUT2D eigenvalue weighted by atomic mass is 9.88. The van der Waals surface area contributed by atoms with Gasteiger partial charge < -0.3 is 13.6 Å². The molecule has 0 radical (unpaired) electrons. The molecule has 0 saturated heterocycles.